The van der Waals surface area contributed by atoms with Gasteiger partial charge in [0.2, 0.25) is 5.95 Å². The van der Waals surface area contributed by atoms with E-state index in [1.807, 2.05) is 26.0 Å². The zero-order valence-electron chi connectivity index (χ0n) is 16.8. The van der Waals surface area contributed by atoms with Crippen molar-refractivity contribution in [1.29, 1.82) is 0 Å². The highest BCUT2D eigenvalue weighted by Crippen LogP contribution is 2.37. The molecule has 0 radical (unpaired) electrons. The Hall–Kier alpha value is -2.44. The maximum absolute atomic E-state index is 13.5. The number of aryl methyl sites for hydroxylation is 1. The van der Waals surface area contributed by atoms with Crippen LogP contribution in [0.5, 0.6) is 0 Å². The summed E-state index contributed by atoms with van der Waals surface area (Å²) in [6.07, 6.45) is 0.827. The van der Waals surface area contributed by atoms with Gasteiger partial charge in [0.1, 0.15) is 5.82 Å². The van der Waals surface area contributed by atoms with Gasteiger partial charge in [0.05, 0.1) is 6.04 Å². The molecule has 1 unspecified atom stereocenters. The van der Waals surface area contributed by atoms with E-state index in [2.05, 4.69) is 28.2 Å². The number of nitrogens with one attached hydrogen (secondary N) is 1. The number of fused-ring (bicyclic) bond motifs is 1. The first-order valence-corrected chi connectivity index (χ1v) is 9.84. The molecule has 2 aromatic carbocycles. The normalized spacial score (nSPS) is 15.4. The summed E-state index contributed by atoms with van der Waals surface area (Å²) in [5, 5.41) is 3.78. The smallest absolute Gasteiger partial charge is 0.229 e. The highest BCUT2D eigenvalue weighted by atomic mass is 35.5. The largest absolute Gasteiger partial charge is 0.349 e. The number of nitrogens with zero attached hydrogens (tertiary/aromatic N) is 3. The molecule has 0 amide bonds. The molecule has 1 aliphatic heterocycles. The van der Waals surface area contributed by atoms with E-state index in [9.17, 15) is 8.78 Å². The van der Waals surface area contributed by atoms with Gasteiger partial charge in [0, 0.05) is 34.6 Å². The van der Waals surface area contributed by atoms with Gasteiger partial charge in [-0.1, -0.05) is 23.7 Å². The molecule has 0 spiro atoms. The summed E-state index contributed by atoms with van der Waals surface area (Å²) < 4.78 is 26.7. The minimum atomic E-state index is -0.919. The summed E-state index contributed by atoms with van der Waals surface area (Å²) in [5.41, 5.74) is 4.57. The maximum atomic E-state index is 13.5. The summed E-state index contributed by atoms with van der Waals surface area (Å²) in [7, 11) is 0. The molecular formula is C22H22Cl2F2N4. The van der Waals surface area contributed by atoms with Crippen LogP contribution in [0.4, 0.5) is 26.2 Å². The van der Waals surface area contributed by atoms with Crippen molar-refractivity contribution in [2.45, 2.75) is 33.2 Å². The Bertz CT molecular complexity index is 1090. The highest BCUT2D eigenvalue weighted by Gasteiger charge is 2.28. The minimum Gasteiger partial charge on any atom is -0.349 e. The van der Waals surface area contributed by atoms with Gasteiger partial charge < -0.3 is 10.2 Å². The highest BCUT2D eigenvalue weighted by molar-refractivity contribution is 6.31. The molecule has 4 rings (SSSR count). The summed E-state index contributed by atoms with van der Waals surface area (Å²) in [4.78, 5) is 11.4. The fourth-order valence-electron chi connectivity index (χ4n) is 3.77. The van der Waals surface area contributed by atoms with Gasteiger partial charge in [-0.15, -0.1) is 12.4 Å². The zero-order valence-corrected chi connectivity index (χ0v) is 18.4. The second kappa shape index (κ2) is 8.74. The molecule has 1 N–H and O–H groups in total. The molecule has 4 nitrogen and oxygen atoms in total. The van der Waals surface area contributed by atoms with Gasteiger partial charge in [-0.2, -0.15) is 4.98 Å². The molecule has 30 heavy (non-hydrogen) atoms. The van der Waals surface area contributed by atoms with Crippen molar-refractivity contribution in [3.05, 3.63) is 75.4 Å². The fraction of sp³-hybridized carbons (Fsp3) is 0.273. The second-order valence-electron chi connectivity index (χ2n) is 7.26. The lowest BCUT2D eigenvalue weighted by atomic mass is 9.93. The van der Waals surface area contributed by atoms with E-state index in [0.29, 0.717) is 11.6 Å². The summed E-state index contributed by atoms with van der Waals surface area (Å²) >= 11 is 6.39. The summed E-state index contributed by atoms with van der Waals surface area (Å²) in [5.74, 6) is -0.646. The molecule has 1 aliphatic rings. The minimum absolute atomic E-state index is 0. The van der Waals surface area contributed by atoms with Crippen molar-refractivity contribution >= 4 is 41.5 Å². The molecular weight excluding hydrogens is 429 g/mol. The SMILES string of the molecule is Cc1nc(Nc2ccc(F)c(F)c2)nc(N2CCc3c(Cl)cccc3C2C)c1C.Cl. The molecule has 0 saturated carbocycles. The van der Waals surface area contributed by atoms with Crippen LogP contribution >= 0.6 is 24.0 Å². The quantitative estimate of drug-likeness (QED) is 0.507. The number of rotatable bonds is 3. The lowest BCUT2D eigenvalue weighted by Crippen LogP contribution is -2.35. The first-order chi connectivity index (χ1) is 13.8. The van der Waals surface area contributed by atoms with Gasteiger partial charge in [-0.05, 0) is 56.5 Å². The molecule has 0 bridgehead atoms. The van der Waals surface area contributed by atoms with Crippen LogP contribution in [-0.4, -0.2) is 16.5 Å². The Labute approximate surface area is 185 Å². The fourth-order valence-corrected chi connectivity index (χ4v) is 4.04. The average Bonchev–Trinajstić information content (AvgIpc) is 2.69. The Kier molecular flexibility index (Phi) is 6.48. The van der Waals surface area contributed by atoms with E-state index < -0.39 is 11.6 Å². The first kappa shape index (κ1) is 22.2. The summed E-state index contributed by atoms with van der Waals surface area (Å²) in [6, 6.07) is 9.71. The van der Waals surface area contributed by atoms with E-state index in [0.717, 1.165) is 47.2 Å². The van der Waals surface area contributed by atoms with Gasteiger partial charge in [0.15, 0.2) is 11.6 Å². The van der Waals surface area contributed by atoms with Crippen LogP contribution in [0.25, 0.3) is 0 Å². The standard InChI is InChI=1S/C22H21ClF2N4.ClH/c1-12-13(2)26-22(27-15-7-8-19(24)20(25)11-15)28-21(12)29-10-9-17-16(14(29)3)5-4-6-18(17)23;/h4-8,11,14H,9-10H2,1-3H3,(H,26,27,28);1H. The molecule has 0 saturated heterocycles. The van der Waals surface area contributed by atoms with Gasteiger partial charge in [-0.3, -0.25) is 0 Å². The van der Waals surface area contributed by atoms with E-state index in [-0.39, 0.29) is 18.4 Å². The zero-order chi connectivity index (χ0) is 20.7. The molecule has 8 heteroatoms. The van der Waals surface area contributed by atoms with Crippen molar-refractivity contribution in [3.8, 4) is 0 Å². The van der Waals surface area contributed by atoms with E-state index in [4.69, 9.17) is 16.6 Å². The molecule has 0 fully saturated rings. The second-order valence-corrected chi connectivity index (χ2v) is 7.67. The van der Waals surface area contributed by atoms with Crippen LogP contribution in [0, 0.1) is 25.5 Å². The van der Waals surface area contributed by atoms with Gasteiger partial charge >= 0.3 is 0 Å². The predicted octanol–water partition coefficient (Wildman–Crippen LogP) is 6.31. The number of anilines is 3. The number of benzene rings is 2. The topological polar surface area (TPSA) is 41.1 Å². The molecule has 3 aromatic rings. The maximum Gasteiger partial charge on any atom is 0.229 e. The van der Waals surface area contributed by atoms with Crippen molar-refractivity contribution in [2.24, 2.45) is 0 Å². The molecule has 0 aliphatic carbocycles. The third-order valence-corrected chi connectivity index (χ3v) is 5.84. The lowest BCUT2D eigenvalue weighted by molar-refractivity contribution is 0.509. The van der Waals surface area contributed by atoms with Crippen molar-refractivity contribution in [3.63, 3.8) is 0 Å². The number of aromatic nitrogens is 2. The van der Waals surface area contributed by atoms with Crippen LogP contribution in [0.1, 0.15) is 35.3 Å². The first-order valence-electron chi connectivity index (χ1n) is 9.46. The molecule has 158 valence electrons. The Morgan fingerprint density at radius 3 is 2.60 bits per heavy atom. The van der Waals surface area contributed by atoms with Crippen LogP contribution in [0.2, 0.25) is 5.02 Å². The monoisotopic (exact) mass is 450 g/mol. The summed E-state index contributed by atoms with van der Waals surface area (Å²) in [6.45, 7) is 6.82. The third kappa shape index (κ3) is 4.07. The van der Waals surface area contributed by atoms with Crippen LogP contribution in [0.15, 0.2) is 36.4 Å². The van der Waals surface area contributed by atoms with Crippen LogP contribution in [-0.2, 0) is 6.42 Å². The Morgan fingerprint density at radius 2 is 1.87 bits per heavy atom. The molecule has 1 atom stereocenters. The van der Waals surface area contributed by atoms with E-state index in [1.54, 1.807) is 0 Å². The third-order valence-electron chi connectivity index (χ3n) is 5.49. The average molecular weight is 451 g/mol. The van der Waals surface area contributed by atoms with E-state index >= 15 is 0 Å². The molecule has 2 heterocycles. The van der Waals surface area contributed by atoms with Crippen molar-refractivity contribution < 1.29 is 8.78 Å². The van der Waals surface area contributed by atoms with Crippen LogP contribution < -0.4 is 10.2 Å². The number of hydrogen-bond donors (Lipinski definition) is 1. The number of hydrogen-bond acceptors (Lipinski definition) is 4. The van der Waals surface area contributed by atoms with Gasteiger partial charge in [0.25, 0.3) is 0 Å². The van der Waals surface area contributed by atoms with Crippen molar-refractivity contribution in [2.75, 3.05) is 16.8 Å². The Morgan fingerprint density at radius 1 is 1.10 bits per heavy atom. The van der Waals surface area contributed by atoms with Crippen molar-refractivity contribution in [1.82, 2.24) is 9.97 Å². The van der Waals surface area contributed by atoms with E-state index in [1.165, 1.54) is 17.2 Å². The lowest BCUT2D eigenvalue weighted by Gasteiger charge is -2.37. The van der Waals surface area contributed by atoms with Gasteiger partial charge in [-0.25, -0.2) is 13.8 Å². The van der Waals surface area contributed by atoms with Crippen LogP contribution in [0.3, 0.4) is 0 Å². The molecule has 1 aromatic heterocycles. The predicted molar refractivity (Wildman–Crippen MR) is 119 cm³/mol. The number of halogens is 4. The Balaban J connectivity index is 0.00000256.